The lowest BCUT2D eigenvalue weighted by molar-refractivity contribution is -0.0263. The van der Waals surface area contributed by atoms with Crippen LogP contribution < -0.4 is 10.6 Å². The van der Waals surface area contributed by atoms with Crippen molar-refractivity contribution in [1.29, 1.82) is 0 Å². The zero-order chi connectivity index (χ0) is 31.5. The SMILES string of the molecule is CCc1ccccc1CCNC(O)NCC(CCCN1CCC(O)(c2ccc(Cl)cc2)CC1)(c1ccccc1)c1ccccc1. The van der Waals surface area contributed by atoms with Gasteiger partial charge in [0.1, 0.15) is 0 Å². The molecule has 4 aromatic rings. The molecule has 1 unspecified atom stereocenters. The largest absolute Gasteiger partial charge is 0.385 e. The van der Waals surface area contributed by atoms with Crippen LogP contribution in [0.25, 0.3) is 0 Å². The first-order valence-electron chi connectivity index (χ1n) is 16.5. The minimum Gasteiger partial charge on any atom is -0.385 e. The Morgan fingerprint density at radius 1 is 0.800 bits per heavy atom. The van der Waals surface area contributed by atoms with Crippen molar-refractivity contribution in [1.82, 2.24) is 15.5 Å². The minimum atomic E-state index is -0.821. The maximum atomic E-state index is 11.4. The Hall–Kier alpha value is -3.03. The molecule has 1 aliphatic rings. The first kappa shape index (κ1) is 33.3. The summed E-state index contributed by atoms with van der Waals surface area (Å²) >= 11 is 6.09. The van der Waals surface area contributed by atoms with Crippen LogP contribution in [0.5, 0.6) is 0 Å². The first-order valence-corrected chi connectivity index (χ1v) is 16.8. The van der Waals surface area contributed by atoms with E-state index in [2.05, 4.69) is 107 Å². The van der Waals surface area contributed by atoms with Crippen LogP contribution >= 0.6 is 11.6 Å². The summed E-state index contributed by atoms with van der Waals surface area (Å²) in [6.45, 7) is 6.12. The first-order chi connectivity index (χ1) is 21.9. The fraction of sp³-hybridized carbons (Fsp3) is 0.385. The number of nitrogens with zero attached hydrogens (tertiary/aromatic N) is 1. The van der Waals surface area contributed by atoms with E-state index in [9.17, 15) is 10.2 Å². The van der Waals surface area contributed by atoms with Gasteiger partial charge < -0.3 is 15.1 Å². The number of benzene rings is 4. The van der Waals surface area contributed by atoms with Crippen molar-refractivity contribution >= 4 is 11.6 Å². The van der Waals surface area contributed by atoms with E-state index in [1.54, 1.807) is 0 Å². The Morgan fingerprint density at radius 2 is 1.38 bits per heavy atom. The van der Waals surface area contributed by atoms with Crippen LogP contribution in [-0.4, -0.2) is 54.2 Å². The van der Waals surface area contributed by atoms with Gasteiger partial charge in [0.05, 0.1) is 5.60 Å². The van der Waals surface area contributed by atoms with Gasteiger partial charge in [0.25, 0.3) is 0 Å². The second kappa shape index (κ2) is 16.0. The molecule has 6 heteroatoms. The standard InChI is InChI=1S/C39H48ClN3O2/c1-2-31-12-9-10-13-32(31)22-26-41-37(44)42-30-38(33-14-5-3-6-15-33,34-16-7-4-8-17-34)23-11-27-43-28-24-39(45,25-29-43)35-18-20-36(40)21-19-35/h3-10,12-21,37,41-42,44-45H,2,11,22-30H2,1H3. The summed E-state index contributed by atoms with van der Waals surface area (Å²) in [6.07, 6.45) is 4.38. The Labute approximate surface area is 274 Å². The number of nitrogens with one attached hydrogen (secondary N) is 2. The Bertz CT molecular complexity index is 1400. The van der Waals surface area contributed by atoms with E-state index in [0.717, 1.165) is 50.9 Å². The molecule has 45 heavy (non-hydrogen) atoms. The van der Waals surface area contributed by atoms with E-state index in [4.69, 9.17) is 11.6 Å². The van der Waals surface area contributed by atoms with E-state index in [0.29, 0.717) is 31.0 Å². The highest BCUT2D eigenvalue weighted by Crippen LogP contribution is 2.38. The average Bonchev–Trinajstić information content (AvgIpc) is 3.08. The molecule has 0 amide bonds. The lowest BCUT2D eigenvalue weighted by Crippen LogP contribution is -2.50. The number of aryl methyl sites for hydroxylation is 1. The quantitative estimate of drug-likeness (QED) is 0.111. The molecule has 4 aromatic carbocycles. The van der Waals surface area contributed by atoms with Gasteiger partial charge in [0, 0.05) is 36.6 Å². The Morgan fingerprint density at radius 3 is 1.98 bits per heavy atom. The summed E-state index contributed by atoms with van der Waals surface area (Å²) in [4.78, 5) is 2.48. The maximum absolute atomic E-state index is 11.4. The van der Waals surface area contributed by atoms with E-state index in [1.165, 1.54) is 22.3 Å². The van der Waals surface area contributed by atoms with Crippen molar-refractivity contribution in [2.45, 2.75) is 62.8 Å². The second-order valence-electron chi connectivity index (χ2n) is 12.4. The number of hydrogen-bond donors (Lipinski definition) is 4. The van der Waals surface area contributed by atoms with Gasteiger partial charge in [-0.15, -0.1) is 0 Å². The molecule has 0 spiro atoms. The number of hydrogen-bond acceptors (Lipinski definition) is 5. The van der Waals surface area contributed by atoms with Gasteiger partial charge >= 0.3 is 0 Å². The molecular weight excluding hydrogens is 578 g/mol. The zero-order valence-electron chi connectivity index (χ0n) is 26.5. The van der Waals surface area contributed by atoms with Gasteiger partial charge in [-0.25, -0.2) is 0 Å². The molecule has 0 bridgehead atoms. The van der Waals surface area contributed by atoms with Crippen molar-refractivity contribution in [2.75, 3.05) is 32.7 Å². The molecule has 1 aliphatic heterocycles. The van der Waals surface area contributed by atoms with E-state index in [1.807, 2.05) is 24.3 Å². The van der Waals surface area contributed by atoms with Crippen LogP contribution in [0.3, 0.4) is 0 Å². The van der Waals surface area contributed by atoms with E-state index >= 15 is 0 Å². The molecule has 5 rings (SSSR count). The Kier molecular flexibility index (Phi) is 11.8. The number of aliphatic hydroxyl groups is 2. The van der Waals surface area contributed by atoms with Crippen molar-refractivity contribution in [3.05, 3.63) is 142 Å². The van der Waals surface area contributed by atoms with Gasteiger partial charge in [-0.2, -0.15) is 0 Å². The van der Waals surface area contributed by atoms with Crippen LogP contribution in [0.15, 0.2) is 109 Å². The molecule has 1 fully saturated rings. The van der Waals surface area contributed by atoms with Crippen molar-refractivity contribution in [2.24, 2.45) is 0 Å². The van der Waals surface area contributed by atoms with Gasteiger partial charge in [-0.1, -0.05) is 116 Å². The summed E-state index contributed by atoms with van der Waals surface area (Å²) < 4.78 is 0. The van der Waals surface area contributed by atoms with Crippen LogP contribution in [0.4, 0.5) is 0 Å². The van der Waals surface area contributed by atoms with E-state index < -0.39 is 12.0 Å². The molecule has 5 nitrogen and oxygen atoms in total. The summed E-state index contributed by atoms with van der Waals surface area (Å²) in [6, 6.07) is 37.6. The molecule has 0 saturated carbocycles. The van der Waals surface area contributed by atoms with Gasteiger partial charge in [-0.3, -0.25) is 10.6 Å². The summed E-state index contributed by atoms with van der Waals surface area (Å²) in [5.41, 5.74) is 4.99. The molecule has 0 aromatic heterocycles. The van der Waals surface area contributed by atoms with Crippen LogP contribution in [0, 0.1) is 0 Å². The molecule has 1 atom stereocenters. The highest BCUT2D eigenvalue weighted by Gasteiger charge is 2.36. The molecule has 4 N–H and O–H groups in total. The predicted molar refractivity (Wildman–Crippen MR) is 185 cm³/mol. The van der Waals surface area contributed by atoms with Crippen LogP contribution in [0.2, 0.25) is 5.02 Å². The molecule has 1 heterocycles. The van der Waals surface area contributed by atoms with Crippen LogP contribution in [-0.2, 0) is 23.9 Å². The average molecular weight is 626 g/mol. The third-order valence-electron chi connectivity index (χ3n) is 9.62. The Balaban J connectivity index is 1.24. The van der Waals surface area contributed by atoms with Gasteiger partial charge in [0.2, 0.25) is 0 Å². The number of likely N-dealkylation sites (tertiary alicyclic amines) is 1. The lowest BCUT2D eigenvalue weighted by Gasteiger charge is -2.40. The third-order valence-corrected chi connectivity index (χ3v) is 9.88. The molecule has 238 valence electrons. The lowest BCUT2D eigenvalue weighted by atomic mass is 9.71. The topological polar surface area (TPSA) is 67.8 Å². The number of halogens is 1. The minimum absolute atomic E-state index is 0.320. The maximum Gasteiger partial charge on any atom is 0.160 e. The smallest absolute Gasteiger partial charge is 0.160 e. The van der Waals surface area contributed by atoms with Gasteiger partial charge in [0.15, 0.2) is 6.35 Å². The van der Waals surface area contributed by atoms with Crippen LogP contribution in [0.1, 0.15) is 60.4 Å². The van der Waals surface area contributed by atoms with Crippen molar-refractivity contribution < 1.29 is 10.2 Å². The highest BCUT2D eigenvalue weighted by molar-refractivity contribution is 6.30. The highest BCUT2D eigenvalue weighted by atomic mass is 35.5. The fourth-order valence-electron chi connectivity index (χ4n) is 6.89. The number of aliphatic hydroxyl groups excluding tert-OH is 1. The third kappa shape index (κ3) is 8.62. The summed E-state index contributed by atoms with van der Waals surface area (Å²) in [5.74, 6) is 0. The van der Waals surface area contributed by atoms with Crippen molar-refractivity contribution in [3.8, 4) is 0 Å². The summed E-state index contributed by atoms with van der Waals surface area (Å²) in [5, 5.41) is 29.8. The predicted octanol–water partition coefficient (Wildman–Crippen LogP) is 6.65. The second-order valence-corrected chi connectivity index (χ2v) is 12.8. The monoisotopic (exact) mass is 625 g/mol. The zero-order valence-corrected chi connectivity index (χ0v) is 27.2. The molecule has 1 saturated heterocycles. The molecular formula is C39H48ClN3O2. The molecule has 0 radical (unpaired) electrons. The summed E-state index contributed by atoms with van der Waals surface area (Å²) in [7, 11) is 0. The van der Waals surface area contributed by atoms with E-state index in [-0.39, 0.29) is 5.41 Å². The number of rotatable bonds is 15. The number of piperidine rings is 1. The van der Waals surface area contributed by atoms with Gasteiger partial charge in [-0.05, 0) is 85.0 Å². The normalized spacial score (nSPS) is 16.0. The fourth-order valence-corrected chi connectivity index (χ4v) is 7.02. The van der Waals surface area contributed by atoms with Crippen molar-refractivity contribution in [3.63, 3.8) is 0 Å². The molecule has 0 aliphatic carbocycles.